The van der Waals surface area contributed by atoms with Gasteiger partial charge in [0.05, 0.1) is 10.6 Å². The summed E-state index contributed by atoms with van der Waals surface area (Å²) in [6, 6.07) is 5.64. The molecule has 2 rings (SSSR count). The number of halogens is 1. The maximum atomic E-state index is 13.6. The molecule has 19 heavy (non-hydrogen) atoms. The molecule has 6 heteroatoms. The van der Waals surface area contributed by atoms with Crippen LogP contribution < -0.4 is 5.32 Å². The second-order valence-electron chi connectivity index (χ2n) is 4.45. The second kappa shape index (κ2) is 5.05. The average Bonchev–Trinajstić information content (AvgIpc) is 2.72. The van der Waals surface area contributed by atoms with Crippen LogP contribution in [0.25, 0.3) is 0 Å². The van der Waals surface area contributed by atoms with E-state index < -0.39 is 15.7 Å². The summed E-state index contributed by atoms with van der Waals surface area (Å²) in [7, 11) is -1.43. The van der Waals surface area contributed by atoms with Crippen molar-refractivity contribution in [1.29, 1.82) is 0 Å². The monoisotopic (exact) mass is 282 g/mol. The lowest BCUT2D eigenvalue weighted by atomic mass is 10.3. The lowest BCUT2D eigenvalue weighted by Crippen LogP contribution is -2.04. The number of nitrogens with one attached hydrogen (secondary N) is 1. The molecule has 0 fully saturated rings. The summed E-state index contributed by atoms with van der Waals surface area (Å²) in [5, 5.41) is 2.90. The van der Waals surface area contributed by atoms with Crippen molar-refractivity contribution < 1.29 is 12.8 Å². The standard InChI is InChI=1S/C13H15FN2O2S/c1-16-6-5-10(9-16)8-15-13-7-11(19(2,17)18)3-4-12(13)14/h3-7,9,15H,8H2,1-2H3. The van der Waals surface area contributed by atoms with E-state index in [2.05, 4.69) is 5.32 Å². The first-order valence-corrected chi connectivity index (χ1v) is 7.60. The predicted octanol–water partition coefficient (Wildman–Crippen LogP) is 2.18. The van der Waals surface area contributed by atoms with Gasteiger partial charge in [-0.2, -0.15) is 0 Å². The minimum Gasteiger partial charge on any atom is -0.379 e. The lowest BCUT2D eigenvalue weighted by molar-refractivity contribution is 0.600. The third-order valence-corrected chi connectivity index (χ3v) is 3.85. The maximum absolute atomic E-state index is 13.6. The van der Waals surface area contributed by atoms with Crippen molar-refractivity contribution in [2.45, 2.75) is 11.4 Å². The summed E-state index contributed by atoms with van der Waals surface area (Å²) in [5.41, 5.74) is 1.18. The van der Waals surface area contributed by atoms with Crippen molar-refractivity contribution >= 4 is 15.5 Å². The first kappa shape index (κ1) is 13.6. The van der Waals surface area contributed by atoms with E-state index in [-0.39, 0.29) is 10.6 Å². The molecule has 102 valence electrons. The van der Waals surface area contributed by atoms with E-state index in [0.717, 1.165) is 17.9 Å². The van der Waals surface area contributed by atoms with Crippen LogP contribution in [-0.4, -0.2) is 19.2 Å². The van der Waals surface area contributed by atoms with E-state index in [0.29, 0.717) is 6.54 Å². The van der Waals surface area contributed by atoms with Gasteiger partial charge in [-0.3, -0.25) is 0 Å². The van der Waals surface area contributed by atoms with E-state index in [1.54, 1.807) is 0 Å². The van der Waals surface area contributed by atoms with Crippen LogP contribution >= 0.6 is 0 Å². The summed E-state index contributed by atoms with van der Waals surface area (Å²) in [4.78, 5) is 0.101. The number of aromatic nitrogens is 1. The van der Waals surface area contributed by atoms with Crippen molar-refractivity contribution in [3.05, 3.63) is 48.0 Å². The number of rotatable bonds is 4. The summed E-state index contributed by atoms with van der Waals surface area (Å²) in [6.45, 7) is 0.435. The van der Waals surface area contributed by atoms with Crippen LogP contribution in [-0.2, 0) is 23.4 Å². The summed E-state index contributed by atoms with van der Waals surface area (Å²) < 4.78 is 38.3. The van der Waals surface area contributed by atoms with E-state index >= 15 is 0 Å². The molecule has 0 atom stereocenters. The molecule has 0 saturated carbocycles. The molecule has 1 N–H and O–H groups in total. The average molecular weight is 282 g/mol. The van der Waals surface area contributed by atoms with Crippen LogP contribution in [0.15, 0.2) is 41.6 Å². The molecule has 0 aliphatic heterocycles. The van der Waals surface area contributed by atoms with E-state index in [1.807, 2.05) is 30.1 Å². The molecule has 1 aromatic heterocycles. The molecular weight excluding hydrogens is 267 g/mol. The molecule has 1 heterocycles. The minimum atomic E-state index is -3.33. The van der Waals surface area contributed by atoms with Crippen molar-refractivity contribution in [3.8, 4) is 0 Å². The number of hydrogen-bond acceptors (Lipinski definition) is 3. The summed E-state index contributed by atoms with van der Waals surface area (Å²) in [5.74, 6) is -0.469. The van der Waals surface area contributed by atoms with Gasteiger partial charge in [0.15, 0.2) is 9.84 Å². The lowest BCUT2D eigenvalue weighted by Gasteiger charge is -2.08. The highest BCUT2D eigenvalue weighted by Gasteiger charge is 2.11. The number of aryl methyl sites for hydroxylation is 1. The topological polar surface area (TPSA) is 51.1 Å². The normalized spacial score (nSPS) is 11.5. The molecule has 0 amide bonds. The maximum Gasteiger partial charge on any atom is 0.175 e. The zero-order chi connectivity index (χ0) is 14.0. The van der Waals surface area contributed by atoms with Crippen LogP contribution in [0.2, 0.25) is 0 Å². The van der Waals surface area contributed by atoms with Gasteiger partial charge < -0.3 is 9.88 Å². The smallest absolute Gasteiger partial charge is 0.175 e. The fourth-order valence-electron chi connectivity index (χ4n) is 1.73. The highest BCUT2D eigenvalue weighted by molar-refractivity contribution is 7.90. The SMILES string of the molecule is Cn1ccc(CNc2cc(S(C)(=O)=O)ccc2F)c1. The number of hydrogen-bond donors (Lipinski definition) is 1. The Bertz CT molecular complexity index is 692. The van der Waals surface area contributed by atoms with Gasteiger partial charge in [0.2, 0.25) is 0 Å². The third-order valence-electron chi connectivity index (χ3n) is 2.74. The van der Waals surface area contributed by atoms with Gasteiger partial charge in [0, 0.05) is 32.2 Å². The third kappa shape index (κ3) is 3.35. The van der Waals surface area contributed by atoms with Gasteiger partial charge in [-0.25, -0.2) is 12.8 Å². The zero-order valence-electron chi connectivity index (χ0n) is 10.7. The van der Waals surface area contributed by atoms with Crippen LogP contribution in [0.4, 0.5) is 10.1 Å². The Morgan fingerprint density at radius 2 is 2.05 bits per heavy atom. The van der Waals surface area contributed by atoms with Crippen molar-refractivity contribution in [2.24, 2.45) is 7.05 Å². The molecule has 0 bridgehead atoms. The molecule has 1 aromatic carbocycles. The highest BCUT2D eigenvalue weighted by atomic mass is 32.2. The quantitative estimate of drug-likeness (QED) is 0.874. The zero-order valence-corrected chi connectivity index (χ0v) is 11.5. The van der Waals surface area contributed by atoms with Gasteiger partial charge in [-0.1, -0.05) is 0 Å². The predicted molar refractivity (Wildman–Crippen MR) is 72.2 cm³/mol. The Hall–Kier alpha value is -1.82. The molecule has 0 unspecified atom stereocenters. The van der Waals surface area contributed by atoms with Crippen LogP contribution in [0, 0.1) is 5.82 Å². The Morgan fingerprint density at radius 3 is 2.63 bits per heavy atom. The van der Waals surface area contributed by atoms with Crippen molar-refractivity contribution in [1.82, 2.24) is 4.57 Å². The second-order valence-corrected chi connectivity index (χ2v) is 6.47. The molecule has 0 radical (unpaired) electrons. The molecule has 0 aliphatic carbocycles. The Labute approximate surface area is 111 Å². The Balaban J connectivity index is 2.20. The molecule has 0 aliphatic rings. The van der Waals surface area contributed by atoms with Crippen LogP contribution in [0.1, 0.15) is 5.56 Å². The Kier molecular flexibility index (Phi) is 3.61. The van der Waals surface area contributed by atoms with Gasteiger partial charge >= 0.3 is 0 Å². The van der Waals surface area contributed by atoms with Crippen LogP contribution in [0.5, 0.6) is 0 Å². The number of nitrogens with zero attached hydrogens (tertiary/aromatic N) is 1. The fraction of sp³-hybridized carbons (Fsp3) is 0.231. The number of benzene rings is 1. The molecule has 0 saturated heterocycles. The first-order chi connectivity index (χ1) is 8.86. The Morgan fingerprint density at radius 1 is 1.32 bits per heavy atom. The van der Waals surface area contributed by atoms with Crippen LogP contribution in [0.3, 0.4) is 0 Å². The summed E-state index contributed by atoms with van der Waals surface area (Å²) in [6.07, 6.45) is 4.90. The van der Waals surface area contributed by atoms with Gasteiger partial charge in [0.1, 0.15) is 5.82 Å². The van der Waals surface area contributed by atoms with Gasteiger partial charge in [-0.05, 0) is 29.8 Å². The summed E-state index contributed by atoms with van der Waals surface area (Å²) >= 11 is 0. The fourth-order valence-corrected chi connectivity index (χ4v) is 2.38. The van der Waals surface area contributed by atoms with Gasteiger partial charge in [-0.15, -0.1) is 0 Å². The highest BCUT2D eigenvalue weighted by Crippen LogP contribution is 2.20. The number of sulfone groups is 1. The van der Waals surface area contributed by atoms with Crippen molar-refractivity contribution in [2.75, 3.05) is 11.6 Å². The molecular formula is C13H15FN2O2S. The van der Waals surface area contributed by atoms with E-state index in [1.165, 1.54) is 12.1 Å². The van der Waals surface area contributed by atoms with E-state index in [9.17, 15) is 12.8 Å². The van der Waals surface area contributed by atoms with Crippen molar-refractivity contribution in [3.63, 3.8) is 0 Å². The molecule has 2 aromatic rings. The van der Waals surface area contributed by atoms with Gasteiger partial charge in [0.25, 0.3) is 0 Å². The first-order valence-electron chi connectivity index (χ1n) is 5.70. The minimum absolute atomic E-state index is 0.101. The molecule has 0 spiro atoms. The largest absolute Gasteiger partial charge is 0.379 e. The van der Waals surface area contributed by atoms with E-state index in [4.69, 9.17) is 0 Å². The number of anilines is 1. The molecule has 4 nitrogen and oxygen atoms in total.